The molecule has 2 atom stereocenters. The van der Waals surface area contributed by atoms with Crippen LogP contribution in [0.2, 0.25) is 0 Å². The molecule has 1 aliphatic carbocycles. The Morgan fingerprint density at radius 2 is 1.83 bits per heavy atom. The van der Waals surface area contributed by atoms with Crippen LogP contribution >= 0.6 is 0 Å². The van der Waals surface area contributed by atoms with Crippen molar-refractivity contribution in [3.05, 3.63) is 52.1 Å². The van der Waals surface area contributed by atoms with Crippen LogP contribution in [0.15, 0.2) is 18.2 Å². The van der Waals surface area contributed by atoms with E-state index < -0.39 is 17.6 Å². The number of amides is 2. The van der Waals surface area contributed by atoms with E-state index in [0.29, 0.717) is 34.0 Å². The van der Waals surface area contributed by atoms with Crippen molar-refractivity contribution in [1.29, 1.82) is 0 Å². The van der Waals surface area contributed by atoms with Crippen LogP contribution in [0.5, 0.6) is 0 Å². The van der Waals surface area contributed by atoms with E-state index in [1.807, 2.05) is 0 Å². The number of anilines is 1. The van der Waals surface area contributed by atoms with E-state index in [2.05, 4.69) is 17.6 Å². The molecule has 7 heteroatoms. The van der Waals surface area contributed by atoms with Gasteiger partial charge in [-0.05, 0) is 75.3 Å². The summed E-state index contributed by atoms with van der Waals surface area (Å²) in [6.07, 6.45) is 2.78. The summed E-state index contributed by atoms with van der Waals surface area (Å²) in [5, 5.41) is 5.58. The number of halogens is 1. The largest absolute Gasteiger partial charge is 0.346 e. The van der Waals surface area contributed by atoms with Gasteiger partial charge >= 0.3 is 0 Å². The Bertz CT molecular complexity index is 1030. The van der Waals surface area contributed by atoms with Crippen molar-refractivity contribution in [3.8, 4) is 0 Å². The number of ketones is 1. The molecular weight excluding hydrogens is 385 g/mol. The smallest absolute Gasteiger partial charge is 0.294 e. The molecule has 3 rings (SSSR count). The lowest BCUT2D eigenvalue weighted by Gasteiger charge is -2.12. The quantitative estimate of drug-likeness (QED) is 0.578. The number of rotatable bonds is 5. The number of benzene rings is 1. The summed E-state index contributed by atoms with van der Waals surface area (Å²) in [5.41, 5.74) is 2.45. The molecule has 2 amide bonds. The Kier molecular flexibility index (Phi) is 6.10. The predicted octanol–water partition coefficient (Wildman–Crippen LogP) is 3.83. The van der Waals surface area contributed by atoms with E-state index in [4.69, 9.17) is 0 Å². The summed E-state index contributed by atoms with van der Waals surface area (Å²) in [5.74, 6) is -1.51. The first-order valence-electron chi connectivity index (χ1n) is 10.2. The van der Waals surface area contributed by atoms with Crippen LogP contribution < -0.4 is 10.6 Å². The average Bonchev–Trinajstić information content (AvgIpc) is 3.18. The molecule has 0 aliphatic heterocycles. The monoisotopic (exact) mass is 413 g/mol. The predicted molar refractivity (Wildman–Crippen MR) is 113 cm³/mol. The molecule has 30 heavy (non-hydrogen) atoms. The highest BCUT2D eigenvalue weighted by Crippen LogP contribution is 2.26. The summed E-state index contributed by atoms with van der Waals surface area (Å²) >= 11 is 0. The fourth-order valence-corrected chi connectivity index (χ4v) is 4.25. The number of hydrogen-bond acceptors (Lipinski definition) is 3. The van der Waals surface area contributed by atoms with Gasteiger partial charge < -0.3 is 15.2 Å². The molecule has 1 fully saturated rings. The minimum Gasteiger partial charge on any atom is -0.346 e. The van der Waals surface area contributed by atoms with Gasteiger partial charge in [0.25, 0.3) is 17.6 Å². The lowest BCUT2D eigenvalue weighted by atomic mass is 10.1. The molecular formula is C23H28FN3O3. The van der Waals surface area contributed by atoms with E-state index in [-0.39, 0.29) is 17.6 Å². The van der Waals surface area contributed by atoms with E-state index in [1.165, 1.54) is 12.1 Å². The second-order valence-corrected chi connectivity index (χ2v) is 8.33. The van der Waals surface area contributed by atoms with Crippen molar-refractivity contribution in [3.63, 3.8) is 0 Å². The van der Waals surface area contributed by atoms with Crippen LogP contribution in [0.4, 0.5) is 10.1 Å². The number of aromatic nitrogens is 1. The van der Waals surface area contributed by atoms with Crippen molar-refractivity contribution in [2.24, 2.45) is 13.0 Å². The molecule has 2 aromatic rings. The number of nitrogens with zero attached hydrogens (tertiary/aromatic N) is 1. The number of aryl methyl sites for hydroxylation is 1. The number of carbonyl (C=O) groups excluding carboxylic acids is 3. The molecule has 160 valence electrons. The number of hydrogen-bond donors (Lipinski definition) is 2. The Labute approximate surface area is 175 Å². The molecule has 2 N–H and O–H groups in total. The maximum Gasteiger partial charge on any atom is 0.294 e. The average molecular weight is 413 g/mol. The van der Waals surface area contributed by atoms with Crippen LogP contribution in [0.25, 0.3) is 0 Å². The lowest BCUT2D eigenvalue weighted by Crippen LogP contribution is -2.38. The van der Waals surface area contributed by atoms with E-state index in [9.17, 15) is 18.8 Å². The molecule has 1 saturated carbocycles. The molecule has 1 aromatic carbocycles. The third-order valence-corrected chi connectivity index (χ3v) is 6.02. The molecule has 0 spiro atoms. The Balaban J connectivity index is 1.83. The first kappa shape index (κ1) is 21.7. The summed E-state index contributed by atoms with van der Waals surface area (Å²) in [6, 6.07) is 4.33. The zero-order chi connectivity index (χ0) is 22.2. The molecule has 0 bridgehead atoms. The number of Topliss-reactive ketones (excluding diaryl/α,β-unsaturated/α-hetero) is 1. The zero-order valence-corrected chi connectivity index (χ0v) is 18.1. The van der Waals surface area contributed by atoms with E-state index >= 15 is 0 Å². The van der Waals surface area contributed by atoms with Crippen LogP contribution in [-0.4, -0.2) is 28.2 Å². The highest BCUT2D eigenvalue weighted by atomic mass is 19.1. The minimum absolute atomic E-state index is 0.0163. The van der Waals surface area contributed by atoms with Crippen LogP contribution in [0, 0.1) is 32.5 Å². The summed E-state index contributed by atoms with van der Waals surface area (Å²) in [4.78, 5) is 38.3. The van der Waals surface area contributed by atoms with Gasteiger partial charge in [0.15, 0.2) is 0 Å². The van der Waals surface area contributed by atoms with E-state index in [0.717, 1.165) is 19.3 Å². The lowest BCUT2D eigenvalue weighted by molar-refractivity contribution is -0.117. The van der Waals surface area contributed by atoms with Gasteiger partial charge in [-0.25, -0.2) is 4.39 Å². The standard InChI is InChI=1S/C23H28FN3O3/c1-12-6-7-16(10-12)26-23(30)21(28)20-14(3)19(15(4)27(20)5)22(29)25-17-8-9-18(24)13(2)11-17/h8-9,11-12,16H,6-7,10H2,1-5H3,(H,25,29)(H,26,30)/t12-,16+/m1/s1. The SMILES string of the molecule is Cc1cc(NC(=O)c2c(C)c(C(=O)C(=O)N[C@H]3CC[C@@H](C)C3)n(C)c2C)ccc1F. The fraction of sp³-hybridized carbons (Fsp3) is 0.435. The first-order valence-corrected chi connectivity index (χ1v) is 10.2. The Morgan fingerprint density at radius 3 is 2.43 bits per heavy atom. The Morgan fingerprint density at radius 1 is 1.13 bits per heavy atom. The Hall–Kier alpha value is -2.96. The molecule has 0 saturated heterocycles. The second kappa shape index (κ2) is 8.42. The van der Waals surface area contributed by atoms with Gasteiger partial charge in [0.2, 0.25) is 0 Å². The number of carbonyl (C=O) groups is 3. The van der Waals surface area contributed by atoms with Gasteiger partial charge in [-0.15, -0.1) is 0 Å². The maximum absolute atomic E-state index is 13.5. The van der Waals surface area contributed by atoms with Crippen molar-refractivity contribution in [2.75, 3.05) is 5.32 Å². The molecule has 1 aliphatic rings. The van der Waals surface area contributed by atoms with Gasteiger partial charge in [0.1, 0.15) is 5.82 Å². The van der Waals surface area contributed by atoms with Crippen LogP contribution in [0.3, 0.4) is 0 Å². The molecule has 1 heterocycles. The number of nitrogens with one attached hydrogen (secondary N) is 2. The van der Waals surface area contributed by atoms with E-state index in [1.54, 1.807) is 38.5 Å². The zero-order valence-electron chi connectivity index (χ0n) is 18.1. The topological polar surface area (TPSA) is 80.2 Å². The van der Waals surface area contributed by atoms with Crippen LogP contribution in [0.1, 0.15) is 63.9 Å². The molecule has 1 aromatic heterocycles. The second-order valence-electron chi connectivity index (χ2n) is 8.33. The van der Waals surface area contributed by atoms with Gasteiger partial charge in [-0.2, -0.15) is 0 Å². The minimum atomic E-state index is -0.644. The van der Waals surface area contributed by atoms with Gasteiger partial charge in [0, 0.05) is 24.5 Å². The molecule has 0 unspecified atom stereocenters. The normalized spacial score (nSPS) is 18.3. The first-order chi connectivity index (χ1) is 14.1. The van der Waals surface area contributed by atoms with Crippen molar-refractivity contribution in [2.45, 2.75) is 53.0 Å². The molecule has 0 radical (unpaired) electrons. The van der Waals surface area contributed by atoms with Crippen molar-refractivity contribution in [1.82, 2.24) is 9.88 Å². The summed E-state index contributed by atoms with van der Waals surface area (Å²) in [7, 11) is 1.67. The van der Waals surface area contributed by atoms with Gasteiger partial charge in [-0.3, -0.25) is 14.4 Å². The third-order valence-electron chi connectivity index (χ3n) is 6.02. The summed E-state index contributed by atoms with van der Waals surface area (Å²) in [6.45, 7) is 7.14. The van der Waals surface area contributed by atoms with Gasteiger partial charge in [-0.1, -0.05) is 6.92 Å². The third kappa shape index (κ3) is 4.15. The van der Waals surface area contributed by atoms with Crippen molar-refractivity contribution < 1.29 is 18.8 Å². The highest BCUT2D eigenvalue weighted by Gasteiger charge is 2.31. The fourth-order valence-electron chi connectivity index (χ4n) is 4.25. The van der Waals surface area contributed by atoms with Crippen molar-refractivity contribution >= 4 is 23.3 Å². The van der Waals surface area contributed by atoms with Crippen LogP contribution in [-0.2, 0) is 11.8 Å². The molecule has 6 nitrogen and oxygen atoms in total. The van der Waals surface area contributed by atoms with Gasteiger partial charge in [0.05, 0.1) is 11.3 Å². The maximum atomic E-state index is 13.5. The summed E-state index contributed by atoms with van der Waals surface area (Å²) < 4.78 is 15.1. The highest BCUT2D eigenvalue weighted by molar-refractivity contribution is 6.43.